The molecule has 2 aromatic rings. The van der Waals surface area contributed by atoms with E-state index in [4.69, 9.17) is 21.1 Å². The quantitative estimate of drug-likeness (QED) is 0.722. The molecule has 2 atom stereocenters. The molecule has 0 radical (unpaired) electrons. The standard InChI is InChI=1S/C22H26ClFN2O2/c1-27-21-9-6-15(12-22(21)28-2)20-5-3-4-17-14-25(10-11-26(17)20)16-7-8-18(23)19(24)13-16/h6-9,12-13,17,20H,3-5,10-11,14H2,1-2H3. The molecular formula is C22H26ClFN2O2. The zero-order valence-corrected chi connectivity index (χ0v) is 17.1. The summed E-state index contributed by atoms with van der Waals surface area (Å²) in [5, 5.41) is 0.175. The summed E-state index contributed by atoms with van der Waals surface area (Å²) in [6, 6.07) is 12.2. The van der Waals surface area contributed by atoms with Crippen molar-refractivity contribution in [3.63, 3.8) is 0 Å². The average Bonchev–Trinajstić information content (AvgIpc) is 2.74. The van der Waals surface area contributed by atoms with Crippen molar-refractivity contribution in [2.24, 2.45) is 0 Å². The van der Waals surface area contributed by atoms with Crippen LogP contribution in [0.2, 0.25) is 5.02 Å². The maximum Gasteiger partial charge on any atom is 0.161 e. The van der Waals surface area contributed by atoms with Crippen LogP contribution in [0.15, 0.2) is 36.4 Å². The van der Waals surface area contributed by atoms with E-state index in [0.29, 0.717) is 12.1 Å². The Bertz CT molecular complexity index is 847. The van der Waals surface area contributed by atoms with Crippen molar-refractivity contribution in [1.82, 2.24) is 4.90 Å². The Labute approximate surface area is 170 Å². The predicted molar refractivity (Wildman–Crippen MR) is 110 cm³/mol. The molecule has 0 bridgehead atoms. The SMILES string of the molecule is COc1ccc(C2CCCC3CN(c4ccc(Cl)c(F)c4)CCN32)cc1OC. The molecule has 0 aromatic heterocycles. The zero-order chi connectivity index (χ0) is 19.7. The third-order valence-electron chi connectivity index (χ3n) is 6.00. The van der Waals surface area contributed by atoms with Gasteiger partial charge < -0.3 is 14.4 Å². The molecule has 6 heteroatoms. The number of piperidine rings is 1. The number of hydrogen-bond donors (Lipinski definition) is 0. The molecule has 4 nitrogen and oxygen atoms in total. The van der Waals surface area contributed by atoms with Crippen molar-refractivity contribution in [2.45, 2.75) is 31.3 Å². The summed E-state index contributed by atoms with van der Waals surface area (Å²) in [6.45, 7) is 2.74. The van der Waals surface area contributed by atoms with Crippen molar-refractivity contribution in [3.8, 4) is 11.5 Å². The molecule has 0 saturated carbocycles. The van der Waals surface area contributed by atoms with Crippen LogP contribution in [0.25, 0.3) is 0 Å². The lowest BCUT2D eigenvalue weighted by molar-refractivity contribution is 0.0715. The topological polar surface area (TPSA) is 24.9 Å². The van der Waals surface area contributed by atoms with E-state index in [1.807, 2.05) is 12.1 Å². The highest BCUT2D eigenvalue weighted by Gasteiger charge is 2.36. The maximum absolute atomic E-state index is 13.9. The average molecular weight is 405 g/mol. The molecule has 0 N–H and O–H groups in total. The summed E-state index contributed by atoms with van der Waals surface area (Å²) in [5.74, 6) is 1.18. The predicted octanol–water partition coefficient (Wildman–Crippen LogP) is 4.91. The smallest absolute Gasteiger partial charge is 0.161 e. The lowest BCUT2D eigenvalue weighted by Gasteiger charge is -2.49. The van der Waals surface area contributed by atoms with Gasteiger partial charge >= 0.3 is 0 Å². The molecule has 2 fully saturated rings. The number of piperazine rings is 1. The van der Waals surface area contributed by atoms with Gasteiger partial charge in [0.25, 0.3) is 0 Å². The van der Waals surface area contributed by atoms with Gasteiger partial charge in [0.1, 0.15) is 5.82 Å². The first-order valence-electron chi connectivity index (χ1n) is 9.78. The van der Waals surface area contributed by atoms with E-state index in [9.17, 15) is 4.39 Å². The van der Waals surface area contributed by atoms with Crippen LogP contribution in [0.5, 0.6) is 11.5 Å². The van der Waals surface area contributed by atoms with Crippen molar-refractivity contribution in [3.05, 3.63) is 52.8 Å². The zero-order valence-electron chi connectivity index (χ0n) is 16.3. The fraction of sp³-hybridized carbons (Fsp3) is 0.455. The van der Waals surface area contributed by atoms with E-state index in [1.165, 1.54) is 12.0 Å². The molecule has 0 aliphatic carbocycles. The molecule has 2 saturated heterocycles. The second kappa shape index (κ2) is 8.18. The van der Waals surface area contributed by atoms with Gasteiger partial charge in [0.15, 0.2) is 11.5 Å². The number of hydrogen-bond acceptors (Lipinski definition) is 4. The summed E-state index contributed by atoms with van der Waals surface area (Å²) < 4.78 is 24.8. The van der Waals surface area contributed by atoms with Crippen molar-refractivity contribution >= 4 is 17.3 Å². The van der Waals surface area contributed by atoms with E-state index >= 15 is 0 Å². The molecule has 2 heterocycles. The van der Waals surface area contributed by atoms with Crippen LogP contribution in [-0.4, -0.2) is 44.8 Å². The highest BCUT2D eigenvalue weighted by Crippen LogP contribution is 2.40. The number of methoxy groups -OCH3 is 2. The van der Waals surface area contributed by atoms with Crippen LogP contribution in [0, 0.1) is 5.82 Å². The molecule has 2 aliphatic rings. The van der Waals surface area contributed by atoms with E-state index in [2.05, 4.69) is 21.9 Å². The number of anilines is 1. The van der Waals surface area contributed by atoms with Gasteiger partial charge in [0.05, 0.1) is 19.2 Å². The second-order valence-corrected chi connectivity index (χ2v) is 7.90. The number of benzene rings is 2. The second-order valence-electron chi connectivity index (χ2n) is 7.50. The first-order valence-corrected chi connectivity index (χ1v) is 10.2. The number of fused-ring (bicyclic) bond motifs is 1. The van der Waals surface area contributed by atoms with Crippen LogP contribution in [-0.2, 0) is 0 Å². The van der Waals surface area contributed by atoms with Crippen molar-refractivity contribution in [1.29, 1.82) is 0 Å². The van der Waals surface area contributed by atoms with Gasteiger partial charge in [-0.25, -0.2) is 4.39 Å². The van der Waals surface area contributed by atoms with Crippen LogP contribution >= 0.6 is 11.6 Å². The third-order valence-corrected chi connectivity index (χ3v) is 6.31. The summed E-state index contributed by atoms with van der Waals surface area (Å²) >= 11 is 5.84. The van der Waals surface area contributed by atoms with Crippen molar-refractivity contribution in [2.75, 3.05) is 38.8 Å². The van der Waals surface area contributed by atoms with Gasteiger partial charge in [0.2, 0.25) is 0 Å². The minimum Gasteiger partial charge on any atom is -0.493 e. The monoisotopic (exact) mass is 404 g/mol. The van der Waals surface area contributed by atoms with Gasteiger partial charge in [-0.05, 0) is 55.2 Å². The third kappa shape index (κ3) is 3.65. The van der Waals surface area contributed by atoms with Crippen LogP contribution in [0.1, 0.15) is 30.9 Å². The first kappa shape index (κ1) is 19.3. The summed E-state index contributed by atoms with van der Waals surface area (Å²) in [7, 11) is 3.34. The van der Waals surface area contributed by atoms with E-state index < -0.39 is 0 Å². The van der Waals surface area contributed by atoms with Crippen molar-refractivity contribution < 1.29 is 13.9 Å². The summed E-state index contributed by atoms with van der Waals surface area (Å²) in [6.07, 6.45) is 3.49. The lowest BCUT2D eigenvalue weighted by Crippen LogP contribution is -2.55. The first-order chi connectivity index (χ1) is 13.6. The Morgan fingerprint density at radius 2 is 1.82 bits per heavy atom. The van der Waals surface area contributed by atoms with Gasteiger partial charge in [-0.15, -0.1) is 0 Å². The fourth-order valence-corrected chi connectivity index (χ4v) is 4.70. The molecule has 28 heavy (non-hydrogen) atoms. The molecule has 150 valence electrons. The van der Waals surface area contributed by atoms with Gasteiger partial charge in [-0.2, -0.15) is 0 Å². The van der Waals surface area contributed by atoms with Gasteiger partial charge in [-0.1, -0.05) is 17.7 Å². The van der Waals surface area contributed by atoms with Crippen LogP contribution < -0.4 is 14.4 Å². The minimum atomic E-state index is -0.353. The lowest BCUT2D eigenvalue weighted by atomic mass is 9.89. The van der Waals surface area contributed by atoms with Crippen LogP contribution in [0.4, 0.5) is 10.1 Å². The van der Waals surface area contributed by atoms with Gasteiger partial charge in [-0.3, -0.25) is 4.90 Å². The van der Waals surface area contributed by atoms with Crippen LogP contribution in [0.3, 0.4) is 0 Å². The van der Waals surface area contributed by atoms with Gasteiger partial charge in [0, 0.05) is 37.4 Å². The molecular weight excluding hydrogens is 379 g/mol. The number of nitrogens with zero attached hydrogens (tertiary/aromatic N) is 2. The molecule has 2 aromatic carbocycles. The minimum absolute atomic E-state index is 0.175. The Kier molecular flexibility index (Phi) is 5.65. The summed E-state index contributed by atoms with van der Waals surface area (Å²) in [4.78, 5) is 4.88. The molecule has 2 aliphatic heterocycles. The highest BCUT2D eigenvalue weighted by molar-refractivity contribution is 6.30. The Hall–Kier alpha value is -1.98. The highest BCUT2D eigenvalue weighted by atomic mass is 35.5. The van der Waals surface area contributed by atoms with E-state index in [0.717, 1.165) is 49.7 Å². The Balaban J connectivity index is 1.53. The molecule has 4 rings (SSSR count). The Morgan fingerprint density at radius 1 is 1.00 bits per heavy atom. The molecule has 0 amide bonds. The normalized spacial score (nSPS) is 22.6. The summed E-state index contributed by atoms with van der Waals surface area (Å²) in [5.41, 5.74) is 2.18. The van der Waals surface area contributed by atoms with E-state index in [1.54, 1.807) is 26.4 Å². The number of halogens is 2. The number of ether oxygens (including phenoxy) is 2. The largest absolute Gasteiger partial charge is 0.493 e. The maximum atomic E-state index is 13.9. The fourth-order valence-electron chi connectivity index (χ4n) is 4.58. The van der Waals surface area contributed by atoms with E-state index in [-0.39, 0.29) is 10.8 Å². The molecule has 2 unspecified atom stereocenters. The Morgan fingerprint density at radius 3 is 2.57 bits per heavy atom. The number of rotatable bonds is 4. The molecule has 0 spiro atoms.